The van der Waals surface area contributed by atoms with Crippen LogP contribution in [0, 0.1) is 12.7 Å². The second-order valence-electron chi connectivity index (χ2n) is 5.35. The van der Waals surface area contributed by atoms with Crippen LogP contribution in [-0.4, -0.2) is 16.1 Å². The minimum absolute atomic E-state index is 0.127. The lowest BCUT2D eigenvalue weighted by atomic mass is 10.2. The topological polar surface area (TPSA) is 66.9 Å². The van der Waals surface area contributed by atoms with Gasteiger partial charge in [-0.05, 0) is 61.0 Å². The molecule has 0 spiro atoms. The zero-order valence-corrected chi connectivity index (χ0v) is 14.0. The van der Waals surface area contributed by atoms with Gasteiger partial charge in [0.1, 0.15) is 5.82 Å². The number of rotatable bonds is 4. The number of carbonyl (C=O) groups is 1. The van der Waals surface area contributed by atoms with Gasteiger partial charge in [-0.25, -0.2) is 4.39 Å². The van der Waals surface area contributed by atoms with Gasteiger partial charge in [-0.15, -0.1) is 10.2 Å². The standard InChI is InChI=1S/C18H14ClFN4O/c1-11-9-12(19)5-6-15(11)22-17-8-7-16(23-24-17)18(25)21-14-4-2-3-13(20)10-14/h2-10H,1H3,(H,21,25)(H,22,24). The Labute approximate surface area is 148 Å². The van der Waals surface area contributed by atoms with Crippen LogP contribution in [0.5, 0.6) is 0 Å². The van der Waals surface area contributed by atoms with E-state index >= 15 is 0 Å². The van der Waals surface area contributed by atoms with Crippen molar-refractivity contribution >= 4 is 34.7 Å². The van der Waals surface area contributed by atoms with Crippen molar-refractivity contribution < 1.29 is 9.18 Å². The third kappa shape index (κ3) is 4.30. The predicted molar refractivity (Wildman–Crippen MR) is 95.9 cm³/mol. The number of carbonyl (C=O) groups excluding carboxylic acids is 1. The molecule has 0 saturated heterocycles. The highest BCUT2D eigenvalue weighted by Gasteiger charge is 2.09. The highest BCUT2D eigenvalue weighted by molar-refractivity contribution is 6.30. The Morgan fingerprint density at radius 1 is 1.08 bits per heavy atom. The van der Waals surface area contributed by atoms with Crippen LogP contribution in [0.3, 0.4) is 0 Å². The lowest BCUT2D eigenvalue weighted by Crippen LogP contribution is -2.14. The smallest absolute Gasteiger partial charge is 0.276 e. The van der Waals surface area contributed by atoms with Crippen LogP contribution in [0.4, 0.5) is 21.6 Å². The summed E-state index contributed by atoms with van der Waals surface area (Å²) in [5, 5.41) is 14.2. The van der Waals surface area contributed by atoms with Crippen molar-refractivity contribution in [1.82, 2.24) is 10.2 Å². The second-order valence-corrected chi connectivity index (χ2v) is 5.79. The maximum Gasteiger partial charge on any atom is 0.276 e. The average molecular weight is 357 g/mol. The molecule has 25 heavy (non-hydrogen) atoms. The van der Waals surface area contributed by atoms with Crippen LogP contribution in [-0.2, 0) is 0 Å². The van der Waals surface area contributed by atoms with Gasteiger partial charge in [0.25, 0.3) is 5.91 Å². The Morgan fingerprint density at radius 3 is 2.60 bits per heavy atom. The molecule has 5 nitrogen and oxygen atoms in total. The number of anilines is 3. The normalized spacial score (nSPS) is 10.4. The van der Waals surface area contributed by atoms with Crippen molar-refractivity contribution in [2.75, 3.05) is 10.6 Å². The number of aromatic nitrogens is 2. The van der Waals surface area contributed by atoms with Crippen LogP contribution in [0.15, 0.2) is 54.6 Å². The Balaban J connectivity index is 1.70. The fraction of sp³-hybridized carbons (Fsp3) is 0.0556. The van der Waals surface area contributed by atoms with Crippen LogP contribution in [0.25, 0.3) is 0 Å². The molecule has 3 rings (SSSR count). The molecule has 2 N–H and O–H groups in total. The van der Waals surface area contributed by atoms with E-state index in [0.717, 1.165) is 11.3 Å². The van der Waals surface area contributed by atoms with Gasteiger partial charge in [-0.2, -0.15) is 0 Å². The molecule has 0 aliphatic heterocycles. The van der Waals surface area contributed by atoms with E-state index in [1.807, 2.05) is 19.1 Å². The summed E-state index contributed by atoms with van der Waals surface area (Å²) in [5.74, 6) is -0.401. The van der Waals surface area contributed by atoms with Crippen LogP contribution < -0.4 is 10.6 Å². The van der Waals surface area contributed by atoms with Gasteiger partial charge in [0.05, 0.1) is 0 Å². The molecular formula is C18H14ClFN4O. The van der Waals surface area contributed by atoms with Crippen molar-refractivity contribution in [3.8, 4) is 0 Å². The largest absolute Gasteiger partial charge is 0.339 e. The first-order chi connectivity index (χ1) is 12.0. The predicted octanol–water partition coefficient (Wildman–Crippen LogP) is 4.57. The van der Waals surface area contributed by atoms with Gasteiger partial charge in [-0.1, -0.05) is 17.7 Å². The number of halogens is 2. The average Bonchev–Trinajstić information content (AvgIpc) is 2.58. The Kier molecular flexibility index (Phi) is 4.90. The molecule has 0 fully saturated rings. The number of hydrogen-bond acceptors (Lipinski definition) is 4. The second kappa shape index (κ2) is 7.27. The van der Waals surface area contributed by atoms with E-state index in [9.17, 15) is 9.18 Å². The molecule has 3 aromatic rings. The molecule has 1 heterocycles. The monoisotopic (exact) mass is 356 g/mol. The van der Waals surface area contributed by atoms with E-state index in [2.05, 4.69) is 20.8 Å². The van der Waals surface area contributed by atoms with Crippen LogP contribution in [0.1, 0.15) is 16.1 Å². The summed E-state index contributed by atoms with van der Waals surface area (Å²) in [5.41, 5.74) is 2.28. The van der Waals surface area contributed by atoms with Crippen LogP contribution in [0.2, 0.25) is 5.02 Å². The number of nitrogens with one attached hydrogen (secondary N) is 2. The van der Waals surface area contributed by atoms with Crippen molar-refractivity contribution in [1.29, 1.82) is 0 Å². The molecule has 1 aromatic heterocycles. The molecule has 0 bridgehead atoms. The van der Waals surface area contributed by atoms with Gasteiger partial charge in [-0.3, -0.25) is 4.79 Å². The van der Waals surface area contributed by atoms with Crippen molar-refractivity contribution in [3.05, 3.63) is 76.7 Å². The zero-order chi connectivity index (χ0) is 17.8. The van der Waals surface area contributed by atoms with E-state index in [1.54, 1.807) is 18.2 Å². The maximum atomic E-state index is 13.1. The zero-order valence-electron chi connectivity index (χ0n) is 13.3. The highest BCUT2D eigenvalue weighted by Crippen LogP contribution is 2.22. The highest BCUT2D eigenvalue weighted by atomic mass is 35.5. The van der Waals surface area contributed by atoms with Crippen molar-refractivity contribution in [2.24, 2.45) is 0 Å². The summed E-state index contributed by atoms with van der Waals surface area (Å²) in [6, 6.07) is 14.2. The summed E-state index contributed by atoms with van der Waals surface area (Å²) in [4.78, 5) is 12.1. The van der Waals surface area contributed by atoms with Gasteiger partial charge in [0.15, 0.2) is 11.5 Å². The minimum Gasteiger partial charge on any atom is -0.339 e. The third-order valence-corrected chi connectivity index (χ3v) is 3.67. The van der Waals surface area contributed by atoms with Crippen molar-refractivity contribution in [2.45, 2.75) is 6.92 Å². The van der Waals surface area contributed by atoms with E-state index < -0.39 is 11.7 Å². The quantitative estimate of drug-likeness (QED) is 0.718. The summed E-state index contributed by atoms with van der Waals surface area (Å²) < 4.78 is 13.1. The molecule has 0 radical (unpaired) electrons. The molecule has 0 unspecified atom stereocenters. The van der Waals surface area contributed by atoms with Gasteiger partial charge in [0.2, 0.25) is 0 Å². The Hall–Kier alpha value is -2.99. The summed E-state index contributed by atoms with van der Waals surface area (Å²) >= 11 is 5.93. The number of hydrogen-bond donors (Lipinski definition) is 2. The molecule has 126 valence electrons. The SMILES string of the molecule is Cc1cc(Cl)ccc1Nc1ccc(C(=O)Nc2cccc(F)c2)nn1. The number of amides is 1. The lowest BCUT2D eigenvalue weighted by Gasteiger charge is -2.09. The molecule has 2 aromatic carbocycles. The first kappa shape index (κ1) is 16.9. The Morgan fingerprint density at radius 2 is 1.92 bits per heavy atom. The van der Waals surface area contributed by atoms with Crippen molar-refractivity contribution in [3.63, 3.8) is 0 Å². The van der Waals surface area contributed by atoms with Gasteiger partial charge in [0, 0.05) is 16.4 Å². The molecule has 0 aliphatic carbocycles. The molecular weight excluding hydrogens is 343 g/mol. The first-order valence-electron chi connectivity index (χ1n) is 7.45. The minimum atomic E-state index is -0.465. The molecule has 0 atom stereocenters. The van der Waals surface area contributed by atoms with Crippen LogP contribution >= 0.6 is 11.6 Å². The summed E-state index contributed by atoms with van der Waals surface area (Å²) in [6.45, 7) is 1.92. The maximum absolute atomic E-state index is 13.1. The molecule has 1 amide bonds. The fourth-order valence-electron chi connectivity index (χ4n) is 2.19. The molecule has 7 heteroatoms. The Bertz CT molecular complexity index is 915. The van der Waals surface area contributed by atoms with Gasteiger partial charge < -0.3 is 10.6 Å². The number of benzene rings is 2. The number of nitrogens with zero attached hydrogens (tertiary/aromatic N) is 2. The lowest BCUT2D eigenvalue weighted by molar-refractivity contribution is 0.102. The molecule has 0 aliphatic rings. The number of aryl methyl sites for hydroxylation is 1. The summed E-state index contributed by atoms with van der Waals surface area (Å²) in [6.07, 6.45) is 0. The molecule has 0 saturated carbocycles. The van der Waals surface area contributed by atoms with E-state index in [4.69, 9.17) is 11.6 Å². The van der Waals surface area contributed by atoms with E-state index in [1.165, 1.54) is 24.3 Å². The third-order valence-electron chi connectivity index (χ3n) is 3.43. The van der Waals surface area contributed by atoms with Gasteiger partial charge >= 0.3 is 0 Å². The first-order valence-corrected chi connectivity index (χ1v) is 7.83. The summed E-state index contributed by atoms with van der Waals surface area (Å²) in [7, 11) is 0. The fourth-order valence-corrected chi connectivity index (χ4v) is 2.41. The van der Waals surface area contributed by atoms with E-state index in [-0.39, 0.29) is 5.69 Å². The van der Waals surface area contributed by atoms with E-state index in [0.29, 0.717) is 16.5 Å².